The Balaban J connectivity index is 1.78. The van der Waals surface area contributed by atoms with Crippen LogP contribution in [-0.2, 0) is 10.0 Å². The van der Waals surface area contributed by atoms with E-state index >= 15 is 0 Å². The first-order valence-corrected chi connectivity index (χ1v) is 10.5. The zero-order valence-corrected chi connectivity index (χ0v) is 16.3. The largest absolute Gasteiger partial charge is 0.476 e. The van der Waals surface area contributed by atoms with E-state index in [0.29, 0.717) is 18.9 Å². The minimum atomic E-state index is -3.61. The maximum absolute atomic E-state index is 13.0. The molecule has 1 aromatic carbocycles. The number of hydrogen-bond donors (Lipinski definition) is 1. The Hall–Kier alpha value is -2.26. The van der Waals surface area contributed by atoms with Gasteiger partial charge in [-0.1, -0.05) is 31.2 Å². The Morgan fingerprint density at radius 3 is 2.63 bits per heavy atom. The van der Waals surface area contributed by atoms with E-state index in [1.165, 1.54) is 15.2 Å². The Kier molecular flexibility index (Phi) is 5.61. The summed E-state index contributed by atoms with van der Waals surface area (Å²) >= 11 is 0. The maximum Gasteiger partial charge on any atom is 0.358 e. The summed E-state index contributed by atoms with van der Waals surface area (Å²) in [7, 11) is -3.61. The molecule has 1 saturated heterocycles. The van der Waals surface area contributed by atoms with E-state index in [2.05, 4.69) is 24.2 Å². The number of rotatable bonds is 6. The van der Waals surface area contributed by atoms with Crippen LogP contribution in [0.25, 0.3) is 0 Å². The van der Waals surface area contributed by atoms with E-state index in [4.69, 9.17) is 5.11 Å². The lowest BCUT2D eigenvalue weighted by atomic mass is 9.99. The van der Waals surface area contributed by atoms with Crippen molar-refractivity contribution in [1.82, 2.24) is 19.3 Å². The van der Waals surface area contributed by atoms with Crippen LogP contribution in [0.1, 0.15) is 61.1 Å². The zero-order valence-electron chi connectivity index (χ0n) is 15.4. The predicted molar refractivity (Wildman–Crippen MR) is 99.2 cm³/mol. The first-order chi connectivity index (χ1) is 12.8. The molecule has 27 heavy (non-hydrogen) atoms. The van der Waals surface area contributed by atoms with Crippen LogP contribution in [0.2, 0.25) is 0 Å². The van der Waals surface area contributed by atoms with E-state index in [-0.39, 0.29) is 23.2 Å². The molecule has 0 bridgehead atoms. The topological polar surface area (TPSA) is 105 Å². The standard InChI is InChI=1S/C18H24N4O4S/c1-3-13(2)14-6-8-16(9-7-14)27(25,26)21-10-4-5-15(11-21)22-12-17(18(23)24)19-20-22/h6-9,12-13,15H,3-5,10-11H2,1-2H3,(H,23,24). The number of aromatic carboxylic acids is 1. The van der Waals surface area contributed by atoms with E-state index in [1.807, 2.05) is 12.1 Å². The summed E-state index contributed by atoms with van der Waals surface area (Å²) in [5.41, 5.74) is 0.979. The van der Waals surface area contributed by atoms with E-state index in [1.54, 1.807) is 12.1 Å². The molecule has 1 aromatic heterocycles. The molecule has 1 N–H and O–H groups in total. The molecular formula is C18H24N4O4S. The minimum Gasteiger partial charge on any atom is -0.476 e. The molecule has 146 valence electrons. The third-order valence-corrected chi connectivity index (χ3v) is 7.04. The quantitative estimate of drug-likeness (QED) is 0.810. The number of piperidine rings is 1. The molecule has 2 atom stereocenters. The SMILES string of the molecule is CCC(C)c1ccc(S(=O)(=O)N2CCCC(n3cc(C(=O)O)nn3)C2)cc1. The highest BCUT2D eigenvalue weighted by Gasteiger charge is 2.31. The van der Waals surface area contributed by atoms with Crippen molar-refractivity contribution >= 4 is 16.0 Å². The summed E-state index contributed by atoms with van der Waals surface area (Å²) in [6, 6.07) is 6.85. The van der Waals surface area contributed by atoms with Crippen LogP contribution >= 0.6 is 0 Å². The van der Waals surface area contributed by atoms with Crippen molar-refractivity contribution < 1.29 is 18.3 Å². The molecule has 0 radical (unpaired) electrons. The van der Waals surface area contributed by atoms with Gasteiger partial charge in [-0.25, -0.2) is 17.9 Å². The van der Waals surface area contributed by atoms with Gasteiger partial charge in [0.25, 0.3) is 0 Å². The normalized spacial score (nSPS) is 19.7. The third-order valence-electron chi connectivity index (χ3n) is 5.16. The van der Waals surface area contributed by atoms with Crippen LogP contribution in [0.4, 0.5) is 0 Å². The summed E-state index contributed by atoms with van der Waals surface area (Å²) in [6.07, 6.45) is 3.75. The molecule has 0 saturated carbocycles. The van der Waals surface area contributed by atoms with Crippen molar-refractivity contribution in [3.8, 4) is 0 Å². The van der Waals surface area contributed by atoms with Gasteiger partial charge in [-0.3, -0.25) is 0 Å². The van der Waals surface area contributed by atoms with E-state index in [9.17, 15) is 13.2 Å². The molecule has 0 amide bonds. The summed E-state index contributed by atoms with van der Waals surface area (Å²) in [4.78, 5) is 11.3. The van der Waals surface area contributed by atoms with Crippen molar-refractivity contribution in [1.29, 1.82) is 0 Å². The fraction of sp³-hybridized carbons (Fsp3) is 0.500. The van der Waals surface area contributed by atoms with Crippen LogP contribution in [-0.4, -0.2) is 51.9 Å². The monoisotopic (exact) mass is 392 g/mol. The summed E-state index contributed by atoms with van der Waals surface area (Å²) in [6.45, 7) is 4.90. The molecule has 2 aromatic rings. The zero-order chi connectivity index (χ0) is 19.6. The highest BCUT2D eigenvalue weighted by atomic mass is 32.2. The Morgan fingerprint density at radius 2 is 2.04 bits per heavy atom. The number of nitrogens with zero attached hydrogens (tertiary/aromatic N) is 4. The van der Waals surface area contributed by atoms with Crippen LogP contribution in [0.5, 0.6) is 0 Å². The van der Waals surface area contributed by atoms with Crippen molar-refractivity contribution in [2.24, 2.45) is 0 Å². The molecule has 2 unspecified atom stereocenters. The molecule has 1 aliphatic rings. The fourth-order valence-electron chi connectivity index (χ4n) is 3.26. The molecule has 8 nitrogen and oxygen atoms in total. The minimum absolute atomic E-state index is 0.143. The van der Waals surface area contributed by atoms with Gasteiger partial charge in [-0.05, 0) is 42.9 Å². The highest BCUT2D eigenvalue weighted by Crippen LogP contribution is 2.27. The van der Waals surface area contributed by atoms with Gasteiger partial charge in [0, 0.05) is 13.1 Å². The number of hydrogen-bond acceptors (Lipinski definition) is 5. The lowest BCUT2D eigenvalue weighted by Crippen LogP contribution is -2.40. The second kappa shape index (κ2) is 7.77. The fourth-order valence-corrected chi connectivity index (χ4v) is 4.78. The van der Waals surface area contributed by atoms with Gasteiger partial charge in [0.2, 0.25) is 10.0 Å². The number of sulfonamides is 1. The van der Waals surface area contributed by atoms with Crippen molar-refractivity contribution in [3.63, 3.8) is 0 Å². The molecule has 2 heterocycles. The second-order valence-electron chi connectivity index (χ2n) is 6.93. The first-order valence-electron chi connectivity index (χ1n) is 9.08. The molecule has 9 heteroatoms. The Labute approximate surface area is 158 Å². The molecule has 1 aliphatic heterocycles. The van der Waals surface area contributed by atoms with Crippen LogP contribution < -0.4 is 0 Å². The van der Waals surface area contributed by atoms with E-state index in [0.717, 1.165) is 18.4 Å². The molecular weight excluding hydrogens is 368 g/mol. The number of benzene rings is 1. The average Bonchev–Trinajstić information content (AvgIpc) is 3.18. The van der Waals surface area contributed by atoms with Crippen LogP contribution in [0, 0.1) is 0 Å². The highest BCUT2D eigenvalue weighted by molar-refractivity contribution is 7.89. The van der Waals surface area contributed by atoms with Gasteiger partial charge < -0.3 is 5.11 Å². The van der Waals surface area contributed by atoms with Crippen molar-refractivity contribution in [3.05, 3.63) is 41.7 Å². The van der Waals surface area contributed by atoms with E-state index < -0.39 is 16.0 Å². The van der Waals surface area contributed by atoms with Gasteiger partial charge in [0.15, 0.2) is 5.69 Å². The molecule has 0 aliphatic carbocycles. The van der Waals surface area contributed by atoms with Gasteiger partial charge in [-0.2, -0.15) is 4.31 Å². The van der Waals surface area contributed by atoms with Crippen molar-refractivity contribution in [2.45, 2.75) is 50.0 Å². The van der Waals surface area contributed by atoms with Crippen molar-refractivity contribution in [2.75, 3.05) is 13.1 Å². The average molecular weight is 392 g/mol. The number of carbonyl (C=O) groups is 1. The Morgan fingerprint density at radius 1 is 1.33 bits per heavy atom. The third kappa shape index (κ3) is 4.03. The lowest BCUT2D eigenvalue weighted by Gasteiger charge is -2.31. The summed E-state index contributed by atoms with van der Waals surface area (Å²) < 4.78 is 28.9. The van der Waals surface area contributed by atoms with Gasteiger partial charge in [-0.15, -0.1) is 5.10 Å². The number of aromatic nitrogens is 3. The maximum atomic E-state index is 13.0. The van der Waals surface area contributed by atoms with Gasteiger partial charge in [0.05, 0.1) is 17.1 Å². The molecule has 0 spiro atoms. The van der Waals surface area contributed by atoms with Crippen LogP contribution in [0.3, 0.4) is 0 Å². The van der Waals surface area contributed by atoms with Gasteiger partial charge >= 0.3 is 5.97 Å². The lowest BCUT2D eigenvalue weighted by molar-refractivity contribution is 0.0690. The Bertz CT molecular complexity index is 908. The summed E-state index contributed by atoms with van der Waals surface area (Å²) in [5, 5.41) is 16.5. The second-order valence-corrected chi connectivity index (χ2v) is 8.86. The first kappa shape index (κ1) is 19.5. The van der Waals surface area contributed by atoms with Crippen LogP contribution in [0.15, 0.2) is 35.4 Å². The number of carboxylic acid groups (broad SMARTS) is 1. The smallest absolute Gasteiger partial charge is 0.358 e. The number of carboxylic acids is 1. The predicted octanol–water partition coefficient (Wildman–Crippen LogP) is 2.52. The summed E-state index contributed by atoms with van der Waals surface area (Å²) in [5.74, 6) is -0.764. The molecule has 3 rings (SSSR count). The van der Waals surface area contributed by atoms with Gasteiger partial charge in [0.1, 0.15) is 0 Å². The molecule has 1 fully saturated rings.